The summed E-state index contributed by atoms with van der Waals surface area (Å²) in [7, 11) is 0. The fourth-order valence-electron chi connectivity index (χ4n) is 2.88. The molecule has 0 amide bonds. The van der Waals surface area contributed by atoms with Gasteiger partial charge in [0.05, 0.1) is 18.4 Å². The van der Waals surface area contributed by atoms with Crippen LogP contribution in [0.3, 0.4) is 0 Å². The van der Waals surface area contributed by atoms with E-state index in [-0.39, 0.29) is 24.6 Å². The smallest absolute Gasteiger partial charge is 0.303 e. The molecule has 1 aliphatic heterocycles. The molecule has 0 aromatic heterocycles. The van der Waals surface area contributed by atoms with Gasteiger partial charge in [0.25, 0.3) is 0 Å². The Morgan fingerprint density at radius 2 is 1.33 bits per heavy atom. The first-order valence-electron chi connectivity index (χ1n) is 10.2. The Bertz CT molecular complexity index is 758. The van der Waals surface area contributed by atoms with Gasteiger partial charge in [-0.25, -0.2) is 0 Å². The van der Waals surface area contributed by atoms with Crippen molar-refractivity contribution in [3.05, 3.63) is 11.8 Å². The first-order chi connectivity index (χ1) is 15.5. The van der Waals surface area contributed by atoms with Gasteiger partial charge in [0.15, 0.2) is 18.0 Å². The molecule has 186 valence electrons. The van der Waals surface area contributed by atoms with Gasteiger partial charge in [-0.15, -0.1) is 0 Å². The van der Waals surface area contributed by atoms with E-state index in [2.05, 4.69) is 0 Å². The molecule has 0 aliphatic carbocycles. The van der Waals surface area contributed by atoms with E-state index in [1.807, 2.05) is 0 Å². The van der Waals surface area contributed by atoms with E-state index in [0.717, 1.165) is 27.0 Å². The van der Waals surface area contributed by atoms with Crippen molar-refractivity contribution in [1.82, 2.24) is 0 Å². The van der Waals surface area contributed by atoms with E-state index < -0.39 is 54.6 Å². The molecule has 0 N–H and O–H groups in total. The minimum atomic E-state index is -1.42. The minimum Gasteiger partial charge on any atom is -0.468 e. The second-order valence-corrected chi connectivity index (χ2v) is 7.04. The van der Waals surface area contributed by atoms with E-state index in [1.54, 1.807) is 6.92 Å². The zero-order chi connectivity index (χ0) is 25.1. The number of ketones is 1. The Hall–Kier alpha value is -2.99. The molecule has 33 heavy (non-hydrogen) atoms. The van der Waals surface area contributed by atoms with E-state index in [0.29, 0.717) is 6.61 Å². The van der Waals surface area contributed by atoms with Crippen LogP contribution in [-0.2, 0) is 57.1 Å². The van der Waals surface area contributed by atoms with E-state index in [9.17, 15) is 24.0 Å². The van der Waals surface area contributed by atoms with Crippen LogP contribution in [-0.4, -0.2) is 80.2 Å². The maximum Gasteiger partial charge on any atom is 0.303 e. The van der Waals surface area contributed by atoms with Gasteiger partial charge in [-0.1, -0.05) is 0 Å². The average Bonchev–Trinajstić information content (AvgIpc) is 2.69. The molecule has 0 unspecified atom stereocenters. The van der Waals surface area contributed by atoms with Gasteiger partial charge < -0.3 is 33.2 Å². The lowest BCUT2D eigenvalue weighted by Crippen LogP contribution is -2.62. The molecule has 5 atom stereocenters. The number of esters is 4. The molecule has 1 fully saturated rings. The highest BCUT2D eigenvalue weighted by atomic mass is 16.7. The number of carbonyl (C=O) groups is 5. The molecule has 0 radical (unpaired) electrons. The van der Waals surface area contributed by atoms with Crippen molar-refractivity contribution in [3.8, 4) is 0 Å². The summed E-state index contributed by atoms with van der Waals surface area (Å²) in [5.74, 6) is -3.25. The molecule has 1 saturated heterocycles. The molecule has 0 aromatic rings. The van der Waals surface area contributed by atoms with Crippen LogP contribution in [0.1, 0.15) is 41.5 Å². The third-order valence-corrected chi connectivity index (χ3v) is 4.21. The maximum absolute atomic E-state index is 11.9. The number of carbonyl (C=O) groups excluding carboxylic acids is 5. The Labute approximate surface area is 191 Å². The number of hydrogen-bond acceptors (Lipinski definition) is 12. The molecule has 12 nitrogen and oxygen atoms in total. The van der Waals surface area contributed by atoms with Gasteiger partial charge >= 0.3 is 23.9 Å². The van der Waals surface area contributed by atoms with Gasteiger partial charge in [0.1, 0.15) is 12.7 Å². The summed E-state index contributed by atoms with van der Waals surface area (Å²) in [6, 6.07) is 0. The summed E-state index contributed by atoms with van der Waals surface area (Å²) in [5.41, 5.74) is 0.157. The van der Waals surface area contributed by atoms with Crippen LogP contribution in [0.25, 0.3) is 0 Å². The predicted molar refractivity (Wildman–Crippen MR) is 108 cm³/mol. The van der Waals surface area contributed by atoms with Crippen LogP contribution < -0.4 is 0 Å². The lowest BCUT2D eigenvalue weighted by molar-refractivity contribution is -0.297. The van der Waals surface area contributed by atoms with Crippen molar-refractivity contribution in [2.24, 2.45) is 0 Å². The second kappa shape index (κ2) is 13.5. The summed E-state index contributed by atoms with van der Waals surface area (Å²) in [5, 5.41) is 0. The second-order valence-electron chi connectivity index (χ2n) is 7.04. The summed E-state index contributed by atoms with van der Waals surface area (Å²) < 4.78 is 37.4. The minimum absolute atomic E-state index is 0.0445. The predicted octanol–water partition coefficient (Wildman–Crippen LogP) is 0.596. The van der Waals surface area contributed by atoms with Crippen molar-refractivity contribution in [1.29, 1.82) is 0 Å². The van der Waals surface area contributed by atoms with Crippen molar-refractivity contribution in [2.45, 2.75) is 72.2 Å². The fraction of sp³-hybridized carbons (Fsp3) is 0.667. The zero-order valence-corrected chi connectivity index (χ0v) is 19.5. The molecule has 1 rings (SSSR count). The zero-order valence-electron chi connectivity index (χ0n) is 19.5. The van der Waals surface area contributed by atoms with Crippen LogP contribution in [0, 0.1) is 0 Å². The SMILES string of the molecule is CCOC/C(=C\O[C@@H]1O[C@H](COC(C)=O)[C@@H](OC(C)=O)[C@H](OC(C)=O)[C@H]1OC(C)=O)C(C)=O. The maximum atomic E-state index is 11.9. The number of hydrogen-bond donors (Lipinski definition) is 0. The quantitative estimate of drug-likeness (QED) is 0.178. The van der Waals surface area contributed by atoms with Gasteiger partial charge in [0, 0.05) is 34.3 Å². The molecule has 1 aliphatic rings. The van der Waals surface area contributed by atoms with Crippen LogP contribution >= 0.6 is 0 Å². The first kappa shape index (κ1) is 28.0. The van der Waals surface area contributed by atoms with E-state index >= 15 is 0 Å². The number of ether oxygens (including phenoxy) is 7. The average molecular weight is 474 g/mol. The fourth-order valence-corrected chi connectivity index (χ4v) is 2.88. The normalized spacial score (nSPS) is 24.9. The van der Waals surface area contributed by atoms with Gasteiger partial charge in [-0.2, -0.15) is 0 Å². The Balaban J connectivity index is 3.38. The van der Waals surface area contributed by atoms with Gasteiger partial charge in [0.2, 0.25) is 12.4 Å². The largest absolute Gasteiger partial charge is 0.468 e. The summed E-state index contributed by atoms with van der Waals surface area (Å²) in [6.45, 7) is 7.48. The van der Waals surface area contributed by atoms with E-state index in [1.165, 1.54) is 13.8 Å². The van der Waals surface area contributed by atoms with Crippen LogP contribution in [0.4, 0.5) is 0 Å². The van der Waals surface area contributed by atoms with Gasteiger partial charge in [-0.05, 0) is 13.8 Å². The molecule has 0 aromatic carbocycles. The molecule has 0 saturated carbocycles. The van der Waals surface area contributed by atoms with E-state index in [4.69, 9.17) is 33.2 Å². The highest BCUT2D eigenvalue weighted by molar-refractivity contribution is 5.93. The van der Waals surface area contributed by atoms with Crippen LogP contribution in [0.2, 0.25) is 0 Å². The number of Topliss-reactive ketones (excluding diaryl/α,β-unsaturated/α-hetero) is 1. The Morgan fingerprint density at radius 1 is 0.788 bits per heavy atom. The molecular formula is C21H30O12. The molecule has 1 heterocycles. The monoisotopic (exact) mass is 474 g/mol. The van der Waals surface area contributed by atoms with Crippen molar-refractivity contribution >= 4 is 29.7 Å². The summed E-state index contributed by atoms with van der Waals surface area (Å²) in [6.07, 6.45) is -5.54. The lowest BCUT2D eigenvalue weighted by atomic mass is 9.98. The first-order valence-corrected chi connectivity index (χ1v) is 10.2. The highest BCUT2D eigenvalue weighted by Crippen LogP contribution is 2.30. The van der Waals surface area contributed by atoms with Crippen LogP contribution in [0.15, 0.2) is 11.8 Å². The van der Waals surface area contributed by atoms with Crippen LogP contribution in [0.5, 0.6) is 0 Å². The molecule has 0 bridgehead atoms. The lowest BCUT2D eigenvalue weighted by Gasteiger charge is -2.43. The standard InChI is InChI=1S/C21H30O12/c1-7-27-8-16(11(2)22)9-29-21-20(32-15(6)26)19(31-14(5)25)18(30-13(4)24)17(33-21)10-28-12(3)23/h9,17-21H,7-8,10H2,1-6H3/b16-9+/t17-,18-,19+,20-,21-/m1/s1. The molecule has 12 heteroatoms. The highest BCUT2D eigenvalue weighted by Gasteiger charge is 2.53. The third-order valence-electron chi connectivity index (χ3n) is 4.21. The number of rotatable bonds is 11. The Kier molecular flexibility index (Phi) is 11.5. The topological polar surface area (TPSA) is 150 Å². The van der Waals surface area contributed by atoms with Gasteiger partial charge in [-0.3, -0.25) is 24.0 Å². The van der Waals surface area contributed by atoms with Crippen molar-refractivity contribution in [3.63, 3.8) is 0 Å². The molecule has 0 spiro atoms. The van der Waals surface area contributed by atoms with Crippen molar-refractivity contribution < 1.29 is 57.1 Å². The Morgan fingerprint density at radius 3 is 1.82 bits per heavy atom. The molecular weight excluding hydrogens is 444 g/mol. The summed E-state index contributed by atoms with van der Waals surface area (Å²) in [4.78, 5) is 58.4. The summed E-state index contributed by atoms with van der Waals surface area (Å²) >= 11 is 0. The van der Waals surface area contributed by atoms with Crippen molar-refractivity contribution in [2.75, 3.05) is 19.8 Å². The third kappa shape index (κ3) is 9.58.